The molecule has 0 fully saturated rings. The van der Waals surface area contributed by atoms with Gasteiger partial charge in [-0.25, -0.2) is 9.97 Å². The van der Waals surface area contributed by atoms with Gasteiger partial charge in [0, 0.05) is 66.4 Å². The number of aromatic nitrogens is 2. The molecule has 0 radical (unpaired) electrons. The summed E-state index contributed by atoms with van der Waals surface area (Å²) in [4.78, 5) is 29.5. The molecule has 2 aromatic carbocycles. The van der Waals surface area contributed by atoms with E-state index in [0.717, 1.165) is 17.9 Å². The monoisotopic (exact) mass is 770 g/mol. The minimum absolute atomic E-state index is 0.128. The smallest absolute Gasteiger partial charge is 0.252 e. The van der Waals surface area contributed by atoms with Crippen molar-refractivity contribution in [1.82, 2.24) is 10.6 Å². The predicted octanol–water partition coefficient (Wildman–Crippen LogP) is 5.32. The van der Waals surface area contributed by atoms with E-state index < -0.39 is 0 Å². The highest BCUT2D eigenvalue weighted by atomic mass is 79.9. The van der Waals surface area contributed by atoms with Crippen molar-refractivity contribution < 1.29 is 29.8 Å². The summed E-state index contributed by atoms with van der Waals surface area (Å²) in [5.74, 6) is -0.127. The Labute approximate surface area is 252 Å². The number of phenolic OH excluding ortho intramolecular Hbond substituents is 2. The maximum absolute atomic E-state index is 11.9. The first-order valence-corrected chi connectivity index (χ1v) is 14.1. The maximum atomic E-state index is 11.9. The number of hydrogen-bond acceptors (Lipinski definition) is 4. The van der Waals surface area contributed by atoms with Crippen LogP contribution in [0.1, 0.15) is 31.8 Å². The van der Waals surface area contributed by atoms with E-state index >= 15 is 0 Å². The van der Waals surface area contributed by atoms with Crippen LogP contribution < -0.4 is 20.6 Å². The Hall–Kier alpha value is -2.80. The van der Waals surface area contributed by atoms with Gasteiger partial charge >= 0.3 is 0 Å². The van der Waals surface area contributed by atoms with E-state index in [-0.39, 0.29) is 36.4 Å². The van der Waals surface area contributed by atoms with Gasteiger partial charge in [-0.15, -0.1) is 0 Å². The van der Waals surface area contributed by atoms with Gasteiger partial charge in [0.15, 0.2) is 24.8 Å². The molecule has 12 heteroatoms. The average molecular weight is 774 g/mol. The summed E-state index contributed by atoms with van der Waals surface area (Å²) in [7, 11) is 0. The first-order chi connectivity index (χ1) is 18.2. The van der Waals surface area contributed by atoms with Crippen LogP contribution in [-0.2, 0) is 13.1 Å². The van der Waals surface area contributed by atoms with Crippen molar-refractivity contribution in [3.63, 3.8) is 0 Å². The molecular formula is C26H22Br4N4O4+2. The van der Waals surface area contributed by atoms with Crippen LogP contribution in [0, 0.1) is 0 Å². The molecule has 0 atom stereocenters. The van der Waals surface area contributed by atoms with Crippen molar-refractivity contribution in [3.8, 4) is 11.5 Å². The lowest BCUT2D eigenvalue weighted by Gasteiger charge is -2.09. The van der Waals surface area contributed by atoms with Crippen LogP contribution in [0.5, 0.6) is 11.5 Å². The van der Waals surface area contributed by atoms with Gasteiger partial charge in [0.05, 0.1) is 11.1 Å². The van der Waals surface area contributed by atoms with E-state index in [9.17, 15) is 19.8 Å². The molecule has 196 valence electrons. The van der Waals surface area contributed by atoms with Gasteiger partial charge in [0.1, 0.15) is 11.5 Å². The highest BCUT2D eigenvalue weighted by Crippen LogP contribution is 2.31. The van der Waals surface area contributed by atoms with Gasteiger partial charge in [-0.05, 0) is 24.3 Å². The Morgan fingerprint density at radius 3 is 1.29 bits per heavy atom. The number of aromatic hydroxyl groups is 2. The minimum atomic E-state index is -0.191. The van der Waals surface area contributed by atoms with Gasteiger partial charge in [-0.2, -0.15) is 0 Å². The van der Waals surface area contributed by atoms with Crippen LogP contribution in [0.3, 0.4) is 0 Å². The highest BCUT2D eigenvalue weighted by Gasteiger charge is 2.12. The summed E-state index contributed by atoms with van der Waals surface area (Å²) in [6, 6.07) is 13.6. The summed E-state index contributed by atoms with van der Waals surface area (Å²) in [6.07, 6.45) is 6.73. The maximum Gasteiger partial charge on any atom is 0.252 e. The van der Waals surface area contributed by atoms with Crippen LogP contribution >= 0.6 is 63.7 Å². The van der Waals surface area contributed by atoms with Gasteiger partial charge in [-0.1, -0.05) is 63.7 Å². The second-order valence-corrected chi connectivity index (χ2v) is 11.3. The standard InChI is InChI=1S/2C13H10Br2N2O2/c2*14-9-5-11(15)10(12(18)6-9)7-17-13(19)8-1-3-16-4-2-8/h2*1-6,18H,7H2,(H,17,19)/p+2. The van der Waals surface area contributed by atoms with Crippen molar-refractivity contribution in [1.29, 1.82) is 0 Å². The Kier molecular flexibility index (Phi) is 11.3. The Balaban J connectivity index is 0.000000211. The third-order valence-electron chi connectivity index (χ3n) is 5.09. The number of H-pyrrole nitrogens is 2. The number of carbonyl (C=O) groups excluding carboxylic acids is 2. The molecule has 4 aromatic rings. The zero-order valence-electron chi connectivity index (χ0n) is 19.6. The van der Waals surface area contributed by atoms with E-state index in [1.807, 2.05) is 12.1 Å². The van der Waals surface area contributed by atoms with Crippen LogP contribution in [0.25, 0.3) is 0 Å². The quantitative estimate of drug-likeness (QED) is 0.212. The normalized spacial score (nSPS) is 10.2. The summed E-state index contributed by atoms with van der Waals surface area (Å²) in [6.45, 7) is 0.494. The second-order valence-electron chi connectivity index (χ2n) is 7.71. The second kappa shape index (κ2) is 14.4. The molecule has 38 heavy (non-hydrogen) atoms. The van der Waals surface area contributed by atoms with Crippen molar-refractivity contribution in [3.05, 3.63) is 113 Å². The molecule has 4 rings (SSSR count). The Morgan fingerprint density at radius 1 is 0.632 bits per heavy atom. The zero-order valence-corrected chi connectivity index (χ0v) is 25.9. The molecule has 0 aliphatic heterocycles. The molecule has 0 aliphatic rings. The van der Waals surface area contributed by atoms with E-state index in [1.54, 1.807) is 61.2 Å². The van der Waals surface area contributed by atoms with Crippen LogP contribution in [0.4, 0.5) is 0 Å². The van der Waals surface area contributed by atoms with E-state index in [0.29, 0.717) is 22.3 Å². The first kappa shape index (κ1) is 29.8. The van der Waals surface area contributed by atoms with Crippen molar-refractivity contribution in [2.45, 2.75) is 13.1 Å². The fourth-order valence-corrected chi connectivity index (χ4v) is 5.83. The zero-order chi connectivity index (χ0) is 27.7. The SMILES string of the molecule is O=C(NCc1c(O)cc(Br)cc1Br)c1cc[nH+]cc1.O=C(NCc1c(O)cc(Br)cc1Br)c1cc[nH+]cc1. The molecular weight excluding hydrogens is 752 g/mol. The third-order valence-corrected chi connectivity index (χ3v) is 7.42. The minimum Gasteiger partial charge on any atom is -0.508 e. The number of pyridine rings is 2. The van der Waals surface area contributed by atoms with Gasteiger partial charge < -0.3 is 20.8 Å². The topological polar surface area (TPSA) is 127 Å². The summed E-state index contributed by atoms with van der Waals surface area (Å²) in [5.41, 5.74) is 2.40. The first-order valence-electron chi connectivity index (χ1n) is 11.0. The predicted molar refractivity (Wildman–Crippen MR) is 155 cm³/mol. The number of halogens is 4. The molecule has 6 N–H and O–H groups in total. The number of carbonyl (C=O) groups is 2. The fraction of sp³-hybridized carbons (Fsp3) is 0.0769. The van der Waals surface area contributed by atoms with Gasteiger partial charge in [0.25, 0.3) is 11.8 Å². The summed E-state index contributed by atoms with van der Waals surface area (Å²) < 4.78 is 3.01. The highest BCUT2D eigenvalue weighted by molar-refractivity contribution is 9.11. The molecule has 8 nitrogen and oxygen atoms in total. The molecule has 0 bridgehead atoms. The number of phenols is 2. The number of amides is 2. The number of nitrogens with one attached hydrogen (secondary N) is 4. The molecule has 0 aliphatic carbocycles. The molecule has 2 amide bonds. The number of benzene rings is 2. The van der Waals surface area contributed by atoms with Crippen molar-refractivity contribution >= 4 is 75.5 Å². The van der Waals surface area contributed by atoms with Crippen molar-refractivity contribution in [2.75, 3.05) is 0 Å². The average Bonchev–Trinajstić information content (AvgIpc) is 2.88. The molecule has 2 aromatic heterocycles. The summed E-state index contributed by atoms with van der Waals surface area (Å²) in [5, 5.41) is 25.2. The van der Waals surface area contributed by atoms with E-state index in [1.165, 1.54) is 0 Å². The molecule has 2 heterocycles. The molecule has 0 unspecified atom stereocenters. The lowest BCUT2D eigenvalue weighted by atomic mass is 10.2. The van der Waals surface area contributed by atoms with Crippen LogP contribution in [-0.4, -0.2) is 22.0 Å². The van der Waals surface area contributed by atoms with Crippen molar-refractivity contribution in [2.24, 2.45) is 0 Å². The lowest BCUT2D eigenvalue weighted by Crippen LogP contribution is -2.23. The fourth-order valence-electron chi connectivity index (χ4n) is 3.15. The molecule has 0 saturated carbocycles. The number of hydrogen-bond donors (Lipinski definition) is 4. The van der Waals surface area contributed by atoms with Gasteiger partial charge in [0.2, 0.25) is 0 Å². The largest absolute Gasteiger partial charge is 0.508 e. The number of rotatable bonds is 6. The van der Waals surface area contributed by atoms with Crippen LogP contribution in [0.15, 0.2) is 91.2 Å². The van der Waals surface area contributed by atoms with Gasteiger partial charge in [-0.3, -0.25) is 9.59 Å². The Bertz CT molecular complexity index is 1270. The molecule has 0 saturated heterocycles. The lowest BCUT2D eigenvalue weighted by molar-refractivity contribution is -0.378. The van der Waals surface area contributed by atoms with E-state index in [2.05, 4.69) is 84.3 Å². The molecule has 0 spiro atoms. The number of aromatic amines is 2. The van der Waals surface area contributed by atoms with E-state index in [4.69, 9.17) is 0 Å². The Morgan fingerprint density at radius 2 is 0.974 bits per heavy atom. The van der Waals surface area contributed by atoms with Crippen LogP contribution in [0.2, 0.25) is 0 Å². The summed E-state index contributed by atoms with van der Waals surface area (Å²) >= 11 is 13.3. The third kappa shape index (κ3) is 8.62.